The lowest BCUT2D eigenvalue weighted by atomic mass is 10.2. The van der Waals surface area contributed by atoms with Gasteiger partial charge in [-0.3, -0.25) is 9.36 Å². The van der Waals surface area contributed by atoms with Crippen LogP contribution >= 0.6 is 0 Å². The average Bonchev–Trinajstić information content (AvgIpc) is 2.61. The van der Waals surface area contributed by atoms with E-state index in [0.29, 0.717) is 23.5 Å². The molecule has 3 rings (SSSR count). The van der Waals surface area contributed by atoms with Crippen LogP contribution in [0.3, 0.4) is 0 Å². The van der Waals surface area contributed by atoms with Gasteiger partial charge in [0.05, 0.1) is 16.9 Å². The highest BCUT2D eigenvalue weighted by molar-refractivity contribution is 5.77. The van der Waals surface area contributed by atoms with Crippen molar-refractivity contribution in [2.75, 3.05) is 6.61 Å². The van der Waals surface area contributed by atoms with Gasteiger partial charge in [-0.2, -0.15) is 4.98 Å². The minimum absolute atomic E-state index is 0.0133. The van der Waals surface area contributed by atoms with Crippen molar-refractivity contribution in [1.82, 2.24) is 9.55 Å². The highest BCUT2D eigenvalue weighted by Gasteiger charge is 2.23. The Bertz CT molecular complexity index is 589. The number of para-hydroxylation sites is 1. The highest BCUT2D eigenvalue weighted by atomic mass is 16.5. The molecule has 4 heteroatoms. The van der Waals surface area contributed by atoms with Gasteiger partial charge >= 0.3 is 0 Å². The van der Waals surface area contributed by atoms with Crippen molar-refractivity contribution in [3.63, 3.8) is 0 Å². The van der Waals surface area contributed by atoms with Crippen LogP contribution in [0, 0.1) is 0 Å². The van der Waals surface area contributed by atoms with Crippen molar-refractivity contribution in [3.8, 4) is 6.01 Å². The number of nitrogens with zero attached hydrogens (tertiary/aromatic N) is 2. The summed E-state index contributed by atoms with van der Waals surface area (Å²) in [6.45, 7) is 2.48. The van der Waals surface area contributed by atoms with Crippen molar-refractivity contribution >= 4 is 10.9 Å². The summed E-state index contributed by atoms with van der Waals surface area (Å²) in [4.78, 5) is 16.4. The van der Waals surface area contributed by atoms with Gasteiger partial charge in [-0.1, -0.05) is 12.1 Å². The summed E-state index contributed by atoms with van der Waals surface area (Å²) in [5.74, 6) is 0. The average molecular weight is 202 g/mol. The third kappa shape index (κ3) is 1.08. The van der Waals surface area contributed by atoms with Crippen LogP contribution in [0.1, 0.15) is 13.0 Å². The Balaban J connectivity index is 2.47. The summed E-state index contributed by atoms with van der Waals surface area (Å²) in [5.41, 5.74) is 0.684. The molecule has 0 aliphatic carbocycles. The topological polar surface area (TPSA) is 44.1 Å². The molecule has 0 spiro atoms. The van der Waals surface area contributed by atoms with Crippen LogP contribution in [0.2, 0.25) is 0 Å². The molecule has 2 heterocycles. The molecule has 0 fully saturated rings. The molecule has 0 saturated heterocycles. The fourth-order valence-corrected chi connectivity index (χ4v) is 1.89. The van der Waals surface area contributed by atoms with E-state index in [-0.39, 0.29) is 11.6 Å². The summed E-state index contributed by atoms with van der Waals surface area (Å²) >= 11 is 0. The molecule has 1 aromatic carbocycles. The van der Waals surface area contributed by atoms with Gasteiger partial charge in [0.15, 0.2) is 0 Å². The Hall–Kier alpha value is -1.84. The van der Waals surface area contributed by atoms with Gasteiger partial charge in [-0.15, -0.1) is 0 Å². The summed E-state index contributed by atoms with van der Waals surface area (Å²) in [6.07, 6.45) is 0. The molecule has 76 valence electrons. The second-order valence-corrected chi connectivity index (χ2v) is 3.75. The van der Waals surface area contributed by atoms with Gasteiger partial charge in [-0.25, -0.2) is 0 Å². The minimum Gasteiger partial charge on any atom is -0.462 e. The van der Waals surface area contributed by atoms with Crippen LogP contribution in [-0.2, 0) is 0 Å². The molecular formula is C11H10N2O2. The number of fused-ring (bicyclic) bond motifs is 2. The summed E-state index contributed by atoms with van der Waals surface area (Å²) in [7, 11) is 0. The molecule has 0 radical (unpaired) electrons. The molecule has 2 aromatic rings. The van der Waals surface area contributed by atoms with E-state index in [9.17, 15) is 4.79 Å². The zero-order valence-electron chi connectivity index (χ0n) is 8.30. The molecule has 0 amide bonds. The standard InChI is InChI=1S/C11H10N2O2/c1-7-6-15-11-12-9-5-3-2-4-8(9)10(14)13(7)11/h2-5,7H,6H2,1H3/t7-/m1/s1. The summed E-state index contributed by atoms with van der Waals surface area (Å²) < 4.78 is 6.96. The number of hydrogen-bond donors (Lipinski definition) is 0. The molecule has 4 nitrogen and oxygen atoms in total. The number of ether oxygens (including phenoxy) is 1. The normalized spacial score (nSPS) is 18.9. The first-order chi connectivity index (χ1) is 7.27. The van der Waals surface area contributed by atoms with E-state index >= 15 is 0 Å². The van der Waals surface area contributed by atoms with Crippen molar-refractivity contribution in [2.24, 2.45) is 0 Å². The van der Waals surface area contributed by atoms with Crippen molar-refractivity contribution in [1.29, 1.82) is 0 Å². The third-order valence-corrected chi connectivity index (χ3v) is 2.67. The van der Waals surface area contributed by atoms with E-state index in [0.717, 1.165) is 0 Å². The predicted molar refractivity (Wildman–Crippen MR) is 56.2 cm³/mol. The van der Waals surface area contributed by atoms with Crippen molar-refractivity contribution in [3.05, 3.63) is 34.6 Å². The molecule has 1 aliphatic heterocycles. The zero-order chi connectivity index (χ0) is 10.4. The first kappa shape index (κ1) is 8.47. The summed E-state index contributed by atoms with van der Waals surface area (Å²) in [5, 5.41) is 0.651. The number of aromatic nitrogens is 2. The van der Waals surface area contributed by atoms with E-state index in [1.807, 2.05) is 25.1 Å². The predicted octanol–water partition coefficient (Wildman–Crippen LogP) is 1.35. The Morgan fingerprint density at radius 3 is 3.13 bits per heavy atom. The number of benzene rings is 1. The van der Waals surface area contributed by atoms with Crippen LogP contribution in [0.5, 0.6) is 6.01 Å². The molecule has 0 bridgehead atoms. The maximum absolute atomic E-state index is 12.1. The molecule has 0 N–H and O–H groups in total. The quantitative estimate of drug-likeness (QED) is 0.647. The first-order valence-corrected chi connectivity index (χ1v) is 4.91. The second kappa shape index (κ2) is 2.82. The third-order valence-electron chi connectivity index (χ3n) is 2.67. The van der Waals surface area contributed by atoms with E-state index in [1.54, 1.807) is 10.6 Å². The van der Waals surface area contributed by atoms with Crippen LogP contribution in [0.15, 0.2) is 29.1 Å². The smallest absolute Gasteiger partial charge is 0.300 e. The molecule has 1 aromatic heterocycles. The van der Waals surface area contributed by atoms with Crippen LogP contribution < -0.4 is 10.3 Å². The molecule has 1 aliphatic rings. The second-order valence-electron chi connectivity index (χ2n) is 3.75. The SMILES string of the molecule is C[C@@H]1COc2nc3ccccc3c(=O)n21. The van der Waals surface area contributed by atoms with E-state index in [2.05, 4.69) is 4.98 Å². The van der Waals surface area contributed by atoms with Gasteiger partial charge in [0.1, 0.15) is 6.61 Å². The van der Waals surface area contributed by atoms with Crippen LogP contribution in [-0.4, -0.2) is 16.2 Å². The Morgan fingerprint density at radius 2 is 2.27 bits per heavy atom. The maximum atomic E-state index is 12.1. The molecular weight excluding hydrogens is 192 g/mol. The molecule has 0 saturated carbocycles. The lowest BCUT2D eigenvalue weighted by Crippen LogP contribution is -2.21. The highest BCUT2D eigenvalue weighted by Crippen LogP contribution is 2.22. The fourth-order valence-electron chi connectivity index (χ4n) is 1.89. The Labute approximate surface area is 86.1 Å². The van der Waals surface area contributed by atoms with Gasteiger partial charge in [0.2, 0.25) is 0 Å². The number of hydrogen-bond acceptors (Lipinski definition) is 3. The lowest BCUT2D eigenvalue weighted by molar-refractivity contribution is 0.327. The monoisotopic (exact) mass is 202 g/mol. The number of rotatable bonds is 0. The Morgan fingerprint density at radius 1 is 1.47 bits per heavy atom. The molecule has 1 atom stereocenters. The largest absolute Gasteiger partial charge is 0.462 e. The van der Waals surface area contributed by atoms with E-state index in [1.165, 1.54) is 0 Å². The fraction of sp³-hybridized carbons (Fsp3) is 0.273. The van der Waals surface area contributed by atoms with Gasteiger partial charge in [0.25, 0.3) is 11.6 Å². The van der Waals surface area contributed by atoms with Gasteiger partial charge in [-0.05, 0) is 19.1 Å². The van der Waals surface area contributed by atoms with Gasteiger partial charge < -0.3 is 4.74 Å². The van der Waals surface area contributed by atoms with Crippen molar-refractivity contribution < 1.29 is 4.74 Å². The molecule has 0 unspecified atom stereocenters. The maximum Gasteiger partial charge on any atom is 0.300 e. The van der Waals surface area contributed by atoms with Crippen molar-refractivity contribution in [2.45, 2.75) is 13.0 Å². The Kier molecular flexibility index (Phi) is 1.59. The van der Waals surface area contributed by atoms with E-state index < -0.39 is 0 Å². The minimum atomic E-state index is -0.0133. The van der Waals surface area contributed by atoms with Crippen LogP contribution in [0.4, 0.5) is 0 Å². The summed E-state index contributed by atoms with van der Waals surface area (Å²) in [6, 6.07) is 7.84. The van der Waals surface area contributed by atoms with Gasteiger partial charge in [0, 0.05) is 0 Å². The zero-order valence-corrected chi connectivity index (χ0v) is 8.30. The van der Waals surface area contributed by atoms with E-state index in [4.69, 9.17) is 4.74 Å². The molecule has 15 heavy (non-hydrogen) atoms. The van der Waals surface area contributed by atoms with Crippen LogP contribution in [0.25, 0.3) is 10.9 Å². The first-order valence-electron chi connectivity index (χ1n) is 4.91. The lowest BCUT2D eigenvalue weighted by Gasteiger charge is -2.05.